The molecule has 0 bridgehead atoms. The van der Waals surface area contributed by atoms with Gasteiger partial charge in [-0.1, -0.05) is 20.8 Å². The molecule has 0 aromatic rings. The first-order valence-corrected chi connectivity index (χ1v) is 3.98. The molecule has 0 saturated heterocycles. The standard InChI is InChI=1S/C6H10F2.C2H6/c1-5-2-3-6(7,8)4-5;1-2/h5H,2-4H2,1H3;1-2H3. The van der Waals surface area contributed by atoms with Crippen molar-refractivity contribution in [3.8, 4) is 0 Å². The predicted octanol–water partition coefficient (Wildman–Crippen LogP) is 3.47. The van der Waals surface area contributed by atoms with E-state index in [4.69, 9.17) is 0 Å². The van der Waals surface area contributed by atoms with E-state index in [0.717, 1.165) is 0 Å². The van der Waals surface area contributed by atoms with Gasteiger partial charge in [-0.2, -0.15) is 0 Å². The lowest BCUT2D eigenvalue weighted by Gasteiger charge is -2.04. The van der Waals surface area contributed by atoms with Crippen LogP contribution in [0, 0.1) is 5.92 Å². The molecule has 10 heavy (non-hydrogen) atoms. The van der Waals surface area contributed by atoms with Gasteiger partial charge in [0, 0.05) is 12.8 Å². The SMILES string of the molecule is CC.CC1CCC(F)(F)C1. The Balaban J connectivity index is 0.000000371. The molecule has 2 heteroatoms. The van der Waals surface area contributed by atoms with Gasteiger partial charge >= 0.3 is 0 Å². The van der Waals surface area contributed by atoms with Crippen LogP contribution in [0.4, 0.5) is 8.78 Å². The van der Waals surface area contributed by atoms with Crippen molar-refractivity contribution in [2.24, 2.45) is 5.92 Å². The minimum Gasteiger partial charge on any atom is -0.207 e. The smallest absolute Gasteiger partial charge is 0.207 e. The van der Waals surface area contributed by atoms with Gasteiger partial charge in [-0.25, -0.2) is 8.78 Å². The number of hydrogen-bond acceptors (Lipinski definition) is 0. The third kappa shape index (κ3) is 3.14. The number of rotatable bonds is 0. The van der Waals surface area contributed by atoms with Crippen molar-refractivity contribution in [1.82, 2.24) is 0 Å². The van der Waals surface area contributed by atoms with E-state index in [0.29, 0.717) is 6.42 Å². The van der Waals surface area contributed by atoms with Crippen LogP contribution in [0.1, 0.15) is 40.0 Å². The molecule has 0 aromatic carbocycles. The Kier molecular flexibility index (Phi) is 3.84. The van der Waals surface area contributed by atoms with Crippen LogP contribution in [-0.2, 0) is 0 Å². The molecule has 62 valence electrons. The second-order valence-corrected chi connectivity index (χ2v) is 2.70. The molecule has 1 unspecified atom stereocenters. The molecule has 0 radical (unpaired) electrons. The lowest BCUT2D eigenvalue weighted by Crippen LogP contribution is -2.08. The fourth-order valence-corrected chi connectivity index (χ4v) is 1.17. The van der Waals surface area contributed by atoms with Crippen molar-refractivity contribution in [2.75, 3.05) is 0 Å². The molecular formula is C8H16F2. The summed E-state index contributed by atoms with van der Waals surface area (Å²) in [4.78, 5) is 0. The molecule has 0 nitrogen and oxygen atoms in total. The van der Waals surface area contributed by atoms with Crippen molar-refractivity contribution in [3.63, 3.8) is 0 Å². The summed E-state index contributed by atoms with van der Waals surface area (Å²) in [6.07, 6.45) is 0.911. The highest BCUT2D eigenvalue weighted by Crippen LogP contribution is 2.38. The maximum absolute atomic E-state index is 12.2. The molecule has 0 heterocycles. The van der Waals surface area contributed by atoms with Crippen LogP contribution in [-0.4, -0.2) is 5.92 Å². The van der Waals surface area contributed by atoms with Gasteiger partial charge in [0.15, 0.2) is 0 Å². The van der Waals surface area contributed by atoms with Crippen molar-refractivity contribution in [3.05, 3.63) is 0 Å². The monoisotopic (exact) mass is 150 g/mol. The zero-order chi connectivity index (χ0) is 8.20. The molecule has 1 fully saturated rings. The lowest BCUT2D eigenvalue weighted by atomic mass is 10.1. The molecule has 1 aliphatic carbocycles. The van der Waals surface area contributed by atoms with Gasteiger partial charge < -0.3 is 0 Å². The molecule has 0 amide bonds. The molecule has 0 N–H and O–H groups in total. The molecule has 1 rings (SSSR count). The maximum atomic E-state index is 12.2. The summed E-state index contributed by atoms with van der Waals surface area (Å²) < 4.78 is 24.4. The Morgan fingerprint density at radius 1 is 1.30 bits per heavy atom. The first kappa shape index (κ1) is 9.86. The van der Waals surface area contributed by atoms with Crippen LogP contribution < -0.4 is 0 Å². The Labute approximate surface area is 61.6 Å². The number of halogens is 2. The minimum absolute atomic E-state index is 0.104. The normalized spacial score (nSPS) is 29.1. The second-order valence-electron chi connectivity index (χ2n) is 2.70. The van der Waals surface area contributed by atoms with Crippen LogP contribution in [0.2, 0.25) is 0 Å². The fourth-order valence-electron chi connectivity index (χ4n) is 1.17. The molecular weight excluding hydrogens is 134 g/mol. The van der Waals surface area contributed by atoms with Gasteiger partial charge in [0.1, 0.15) is 0 Å². The van der Waals surface area contributed by atoms with E-state index < -0.39 is 5.92 Å². The Morgan fingerprint density at radius 3 is 1.90 bits per heavy atom. The van der Waals surface area contributed by atoms with Crippen LogP contribution in [0.5, 0.6) is 0 Å². The number of alkyl halides is 2. The first-order valence-electron chi connectivity index (χ1n) is 3.98. The van der Waals surface area contributed by atoms with E-state index in [1.165, 1.54) is 0 Å². The van der Waals surface area contributed by atoms with E-state index >= 15 is 0 Å². The summed E-state index contributed by atoms with van der Waals surface area (Å²) in [6, 6.07) is 0. The Hall–Kier alpha value is -0.140. The summed E-state index contributed by atoms with van der Waals surface area (Å²) in [5.74, 6) is -2.09. The summed E-state index contributed by atoms with van der Waals surface area (Å²) in [6.45, 7) is 5.88. The van der Waals surface area contributed by atoms with Gasteiger partial charge in [0.2, 0.25) is 5.92 Å². The predicted molar refractivity (Wildman–Crippen MR) is 39.3 cm³/mol. The van der Waals surface area contributed by atoms with Crippen molar-refractivity contribution < 1.29 is 8.78 Å². The topological polar surface area (TPSA) is 0 Å². The highest BCUT2D eigenvalue weighted by molar-refractivity contribution is 4.78. The van der Waals surface area contributed by atoms with Crippen molar-refractivity contribution >= 4 is 0 Å². The molecule has 1 aliphatic rings. The molecule has 1 atom stereocenters. The average Bonchev–Trinajstić information content (AvgIpc) is 2.15. The second kappa shape index (κ2) is 3.89. The summed E-state index contributed by atoms with van der Waals surface area (Å²) in [7, 11) is 0. The van der Waals surface area contributed by atoms with Crippen LogP contribution in [0.3, 0.4) is 0 Å². The van der Waals surface area contributed by atoms with E-state index in [-0.39, 0.29) is 18.8 Å². The quantitative estimate of drug-likeness (QED) is 0.496. The summed E-state index contributed by atoms with van der Waals surface area (Å²) in [5, 5.41) is 0. The Bertz CT molecular complexity index is 89.3. The lowest BCUT2D eigenvalue weighted by molar-refractivity contribution is 0.00580. The van der Waals surface area contributed by atoms with Crippen molar-refractivity contribution in [2.45, 2.75) is 46.0 Å². The minimum atomic E-state index is -2.33. The summed E-state index contributed by atoms with van der Waals surface area (Å²) >= 11 is 0. The molecule has 1 saturated carbocycles. The summed E-state index contributed by atoms with van der Waals surface area (Å²) in [5.41, 5.74) is 0. The molecule has 0 aromatic heterocycles. The average molecular weight is 150 g/mol. The largest absolute Gasteiger partial charge is 0.248 e. The zero-order valence-corrected chi connectivity index (χ0v) is 6.95. The maximum Gasteiger partial charge on any atom is 0.248 e. The van der Waals surface area contributed by atoms with Crippen molar-refractivity contribution in [1.29, 1.82) is 0 Å². The third-order valence-electron chi connectivity index (χ3n) is 1.65. The fraction of sp³-hybridized carbons (Fsp3) is 1.00. The van der Waals surface area contributed by atoms with Crippen LogP contribution in [0.25, 0.3) is 0 Å². The highest BCUT2D eigenvalue weighted by Gasteiger charge is 2.36. The highest BCUT2D eigenvalue weighted by atomic mass is 19.3. The van der Waals surface area contributed by atoms with Crippen LogP contribution in [0.15, 0.2) is 0 Å². The van der Waals surface area contributed by atoms with Gasteiger partial charge in [0.25, 0.3) is 0 Å². The first-order chi connectivity index (χ1) is 4.60. The molecule has 0 aliphatic heterocycles. The Morgan fingerprint density at radius 2 is 1.80 bits per heavy atom. The third-order valence-corrected chi connectivity index (χ3v) is 1.65. The van der Waals surface area contributed by atoms with E-state index in [2.05, 4.69) is 0 Å². The van der Waals surface area contributed by atoms with Gasteiger partial charge in [-0.15, -0.1) is 0 Å². The van der Waals surface area contributed by atoms with Crippen LogP contribution >= 0.6 is 0 Å². The van der Waals surface area contributed by atoms with Gasteiger partial charge in [0.05, 0.1) is 0 Å². The zero-order valence-electron chi connectivity index (χ0n) is 6.95. The van der Waals surface area contributed by atoms with E-state index in [1.807, 2.05) is 20.8 Å². The van der Waals surface area contributed by atoms with E-state index in [9.17, 15) is 8.78 Å². The van der Waals surface area contributed by atoms with E-state index in [1.54, 1.807) is 0 Å². The molecule has 0 spiro atoms. The number of hydrogen-bond donors (Lipinski definition) is 0. The van der Waals surface area contributed by atoms with Gasteiger partial charge in [-0.05, 0) is 12.3 Å². The van der Waals surface area contributed by atoms with Gasteiger partial charge in [-0.3, -0.25) is 0 Å².